The van der Waals surface area contributed by atoms with Gasteiger partial charge in [-0.3, -0.25) is 0 Å². The molecular weight excluding hydrogens is 202 g/mol. The highest BCUT2D eigenvalue weighted by molar-refractivity contribution is 5.49. The van der Waals surface area contributed by atoms with Gasteiger partial charge in [0.05, 0.1) is 7.11 Å². The summed E-state index contributed by atoms with van der Waals surface area (Å²) in [4.78, 5) is 6.53. The van der Waals surface area contributed by atoms with Gasteiger partial charge in [0.15, 0.2) is 0 Å². The zero-order valence-corrected chi connectivity index (χ0v) is 10.1. The lowest BCUT2D eigenvalue weighted by atomic mass is 10.1. The van der Waals surface area contributed by atoms with Crippen molar-refractivity contribution in [2.45, 2.75) is 25.9 Å². The summed E-state index contributed by atoms with van der Waals surface area (Å²) in [5.41, 5.74) is 1.19. The zero-order chi connectivity index (χ0) is 11.5. The Kier molecular flexibility index (Phi) is 3.29. The molecule has 2 atom stereocenters. The van der Waals surface area contributed by atoms with Gasteiger partial charge in [-0.2, -0.15) is 0 Å². The third kappa shape index (κ3) is 2.27. The largest absolute Gasteiger partial charge is 0.481 e. The fourth-order valence-electron chi connectivity index (χ4n) is 2.07. The van der Waals surface area contributed by atoms with E-state index in [1.54, 1.807) is 13.3 Å². The van der Waals surface area contributed by atoms with Gasteiger partial charge >= 0.3 is 0 Å². The van der Waals surface area contributed by atoms with Gasteiger partial charge in [-0.25, -0.2) is 4.98 Å². The van der Waals surface area contributed by atoms with Gasteiger partial charge in [0.2, 0.25) is 5.88 Å². The molecule has 0 saturated carbocycles. The van der Waals surface area contributed by atoms with Crippen LogP contribution in [0.15, 0.2) is 18.3 Å². The highest BCUT2D eigenvalue weighted by atomic mass is 16.5. The van der Waals surface area contributed by atoms with E-state index in [2.05, 4.69) is 29.0 Å². The highest BCUT2D eigenvalue weighted by Crippen LogP contribution is 2.22. The maximum atomic E-state index is 5.15. The van der Waals surface area contributed by atoms with Gasteiger partial charge in [-0.15, -0.1) is 0 Å². The molecule has 2 unspecified atom stereocenters. The number of methoxy groups -OCH3 is 1. The molecule has 1 saturated heterocycles. The summed E-state index contributed by atoms with van der Waals surface area (Å²) in [6, 6.07) is 5.06. The molecule has 0 amide bonds. The number of rotatable bonds is 2. The molecule has 0 spiro atoms. The zero-order valence-electron chi connectivity index (χ0n) is 10.1. The van der Waals surface area contributed by atoms with Crippen LogP contribution in [0.2, 0.25) is 0 Å². The van der Waals surface area contributed by atoms with Crippen molar-refractivity contribution < 1.29 is 4.74 Å². The minimum Gasteiger partial charge on any atom is -0.481 e. The van der Waals surface area contributed by atoms with E-state index in [9.17, 15) is 0 Å². The first-order valence-corrected chi connectivity index (χ1v) is 5.70. The van der Waals surface area contributed by atoms with Crippen LogP contribution in [0, 0.1) is 0 Å². The summed E-state index contributed by atoms with van der Waals surface area (Å²) in [6.45, 7) is 6.48. The number of piperazine rings is 1. The molecule has 0 aromatic carbocycles. The lowest BCUT2D eigenvalue weighted by Gasteiger charge is -2.39. The SMILES string of the molecule is COc1cc(N2CC(C)NCC2C)ccn1. The second kappa shape index (κ2) is 4.70. The molecule has 1 N–H and O–H groups in total. The summed E-state index contributed by atoms with van der Waals surface area (Å²) in [5, 5.41) is 3.47. The monoisotopic (exact) mass is 221 g/mol. The van der Waals surface area contributed by atoms with Gasteiger partial charge in [0, 0.05) is 43.1 Å². The normalized spacial score (nSPS) is 25.6. The maximum absolute atomic E-state index is 5.15. The summed E-state index contributed by atoms with van der Waals surface area (Å²) >= 11 is 0. The van der Waals surface area contributed by atoms with Crippen molar-refractivity contribution in [3.8, 4) is 5.88 Å². The van der Waals surface area contributed by atoms with Crippen molar-refractivity contribution in [1.82, 2.24) is 10.3 Å². The number of nitrogens with one attached hydrogen (secondary N) is 1. The number of anilines is 1. The summed E-state index contributed by atoms with van der Waals surface area (Å²) in [7, 11) is 1.65. The minimum atomic E-state index is 0.503. The van der Waals surface area contributed by atoms with E-state index in [-0.39, 0.29) is 0 Å². The lowest BCUT2D eigenvalue weighted by molar-refractivity contribution is 0.395. The van der Waals surface area contributed by atoms with Gasteiger partial charge in [-0.05, 0) is 19.9 Å². The number of hydrogen-bond acceptors (Lipinski definition) is 4. The van der Waals surface area contributed by atoms with Gasteiger partial charge in [0.25, 0.3) is 0 Å². The fraction of sp³-hybridized carbons (Fsp3) is 0.583. The third-order valence-electron chi connectivity index (χ3n) is 3.02. The quantitative estimate of drug-likeness (QED) is 0.816. The molecule has 4 heteroatoms. The van der Waals surface area contributed by atoms with Gasteiger partial charge in [-0.1, -0.05) is 0 Å². The maximum Gasteiger partial charge on any atom is 0.214 e. The first-order valence-electron chi connectivity index (χ1n) is 5.70. The molecule has 1 aliphatic rings. The van der Waals surface area contributed by atoms with Crippen molar-refractivity contribution in [3.63, 3.8) is 0 Å². The average molecular weight is 221 g/mol. The predicted molar refractivity (Wildman–Crippen MR) is 65.1 cm³/mol. The van der Waals surface area contributed by atoms with Crippen LogP contribution in [0.4, 0.5) is 5.69 Å². The van der Waals surface area contributed by atoms with E-state index in [1.165, 1.54) is 5.69 Å². The molecule has 0 aliphatic carbocycles. The molecule has 1 fully saturated rings. The molecule has 0 radical (unpaired) electrons. The average Bonchev–Trinajstić information content (AvgIpc) is 2.32. The first kappa shape index (κ1) is 11.2. The van der Waals surface area contributed by atoms with Crippen molar-refractivity contribution in [1.29, 1.82) is 0 Å². The Balaban J connectivity index is 2.20. The third-order valence-corrected chi connectivity index (χ3v) is 3.02. The Labute approximate surface area is 96.6 Å². The molecular formula is C12H19N3O. The van der Waals surface area contributed by atoms with Gasteiger partial charge < -0.3 is 15.0 Å². The van der Waals surface area contributed by atoms with Crippen LogP contribution >= 0.6 is 0 Å². The van der Waals surface area contributed by atoms with E-state index in [1.807, 2.05) is 12.1 Å². The number of aromatic nitrogens is 1. The molecule has 1 aliphatic heterocycles. The number of pyridine rings is 1. The van der Waals surface area contributed by atoms with Crippen LogP contribution in [0.25, 0.3) is 0 Å². The number of hydrogen-bond donors (Lipinski definition) is 1. The van der Waals surface area contributed by atoms with E-state index in [0.717, 1.165) is 13.1 Å². The molecule has 16 heavy (non-hydrogen) atoms. The van der Waals surface area contributed by atoms with E-state index >= 15 is 0 Å². The lowest BCUT2D eigenvalue weighted by Crippen LogP contribution is -2.54. The molecule has 4 nitrogen and oxygen atoms in total. The second-order valence-corrected chi connectivity index (χ2v) is 4.37. The molecule has 88 valence electrons. The molecule has 2 heterocycles. The fourth-order valence-corrected chi connectivity index (χ4v) is 2.07. The minimum absolute atomic E-state index is 0.503. The second-order valence-electron chi connectivity index (χ2n) is 4.37. The molecule has 1 aromatic rings. The smallest absolute Gasteiger partial charge is 0.214 e. The van der Waals surface area contributed by atoms with Crippen LogP contribution in [0.3, 0.4) is 0 Å². The van der Waals surface area contributed by atoms with E-state index in [0.29, 0.717) is 18.0 Å². The Morgan fingerprint density at radius 2 is 2.31 bits per heavy atom. The van der Waals surface area contributed by atoms with Crippen LogP contribution in [-0.4, -0.2) is 37.3 Å². The van der Waals surface area contributed by atoms with E-state index < -0.39 is 0 Å². The molecule has 0 bridgehead atoms. The predicted octanol–water partition coefficient (Wildman–Crippen LogP) is 1.28. The van der Waals surface area contributed by atoms with Crippen molar-refractivity contribution in [3.05, 3.63) is 18.3 Å². The van der Waals surface area contributed by atoms with Crippen molar-refractivity contribution in [2.24, 2.45) is 0 Å². The Morgan fingerprint density at radius 1 is 1.50 bits per heavy atom. The number of ether oxygens (including phenoxy) is 1. The first-order chi connectivity index (χ1) is 7.70. The molecule has 1 aromatic heterocycles. The summed E-state index contributed by atoms with van der Waals surface area (Å²) in [6.07, 6.45) is 1.80. The molecule has 2 rings (SSSR count). The van der Waals surface area contributed by atoms with Crippen LogP contribution in [0.5, 0.6) is 5.88 Å². The Hall–Kier alpha value is -1.29. The number of nitrogens with zero attached hydrogens (tertiary/aromatic N) is 2. The summed E-state index contributed by atoms with van der Waals surface area (Å²) < 4.78 is 5.15. The van der Waals surface area contributed by atoms with Crippen LogP contribution in [0.1, 0.15) is 13.8 Å². The Bertz CT molecular complexity index is 356. The van der Waals surface area contributed by atoms with Crippen molar-refractivity contribution in [2.75, 3.05) is 25.1 Å². The van der Waals surface area contributed by atoms with Gasteiger partial charge in [0.1, 0.15) is 0 Å². The topological polar surface area (TPSA) is 37.4 Å². The van der Waals surface area contributed by atoms with Crippen LogP contribution in [-0.2, 0) is 0 Å². The summed E-state index contributed by atoms with van der Waals surface area (Å²) in [5.74, 6) is 0.677. The standard InChI is InChI=1S/C12H19N3O/c1-9-8-15(10(2)7-14-9)11-4-5-13-12(6-11)16-3/h4-6,9-10,14H,7-8H2,1-3H3. The van der Waals surface area contributed by atoms with Crippen molar-refractivity contribution >= 4 is 5.69 Å². The highest BCUT2D eigenvalue weighted by Gasteiger charge is 2.22. The van der Waals surface area contributed by atoms with Crippen LogP contribution < -0.4 is 15.0 Å². The Morgan fingerprint density at radius 3 is 3.06 bits per heavy atom. The van der Waals surface area contributed by atoms with E-state index in [4.69, 9.17) is 4.74 Å².